The van der Waals surface area contributed by atoms with Crippen LogP contribution in [0.2, 0.25) is 0 Å². The summed E-state index contributed by atoms with van der Waals surface area (Å²) >= 11 is 0. The van der Waals surface area contributed by atoms with Crippen molar-refractivity contribution in [3.63, 3.8) is 0 Å². The van der Waals surface area contributed by atoms with Crippen LogP contribution in [0.1, 0.15) is 35.6 Å². The minimum atomic E-state index is 1.10. The SMILES string of the molecule is CC/C=C\c1c(C)ccc(C)c1C. The van der Waals surface area contributed by atoms with E-state index in [1.807, 2.05) is 0 Å². The smallest absolute Gasteiger partial charge is 0.0199 e. The van der Waals surface area contributed by atoms with Gasteiger partial charge in [0, 0.05) is 0 Å². The van der Waals surface area contributed by atoms with Crippen LogP contribution in [-0.4, -0.2) is 0 Å². The second-order valence-corrected chi connectivity index (χ2v) is 3.55. The molecule has 0 bridgehead atoms. The largest absolute Gasteiger partial charge is 0.0842 e. The fraction of sp³-hybridized carbons (Fsp3) is 0.385. The Bertz CT molecular complexity index is 319. The first-order valence-electron chi connectivity index (χ1n) is 4.90. The summed E-state index contributed by atoms with van der Waals surface area (Å²) in [5.41, 5.74) is 5.54. The van der Waals surface area contributed by atoms with Gasteiger partial charge in [-0.05, 0) is 49.4 Å². The summed E-state index contributed by atoms with van der Waals surface area (Å²) in [5, 5.41) is 0. The highest BCUT2D eigenvalue weighted by Crippen LogP contribution is 2.19. The van der Waals surface area contributed by atoms with Crippen molar-refractivity contribution < 1.29 is 0 Å². The van der Waals surface area contributed by atoms with Crippen molar-refractivity contribution in [2.45, 2.75) is 34.1 Å². The van der Waals surface area contributed by atoms with E-state index in [4.69, 9.17) is 0 Å². The highest BCUT2D eigenvalue weighted by Gasteiger charge is 2.00. The van der Waals surface area contributed by atoms with E-state index < -0.39 is 0 Å². The van der Waals surface area contributed by atoms with Gasteiger partial charge in [0.05, 0.1) is 0 Å². The molecule has 0 fully saturated rings. The minimum Gasteiger partial charge on any atom is -0.0842 e. The Labute approximate surface area is 81.3 Å². The van der Waals surface area contributed by atoms with Crippen molar-refractivity contribution in [2.75, 3.05) is 0 Å². The van der Waals surface area contributed by atoms with Gasteiger partial charge in [0.25, 0.3) is 0 Å². The van der Waals surface area contributed by atoms with Crippen molar-refractivity contribution in [1.29, 1.82) is 0 Å². The van der Waals surface area contributed by atoms with Crippen LogP contribution in [0.15, 0.2) is 18.2 Å². The number of aryl methyl sites for hydroxylation is 2. The fourth-order valence-corrected chi connectivity index (χ4v) is 1.47. The zero-order valence-electron chi connectivity index (χ0n) is 9.02. The van der Waals surface area contributed by atoms with E-state index in [1.54, 1.807) is 0 Å². The molecule has 0 aromatic heterocycles. The van der Waals surface area contributed by atoms with E-state index in [9.17, 15) is 0 Å². The molecule has 0 radical (unpaired) electrons. The summed E-state index contributed by atoms with van der Waals surface area (Å²) in [5.74, 6) is 0. The third kappa shape index (κ3) is 2.21. The van der Waals surface area contributed by atoms with E-state index in [2.05, 4.69) is 52.0 Å². The Morgan fingerprint density at radius 3 is 2.31 bits per heavy atom. The van der Waals surface area contributed by atoms with Gasteiger partial charge in [-0.2, -0.15) is 0 Å². The molecule has 0 aliphatic heterocycles. The number of hydrogen-bond acceptors (Lipinski definition) is 0. The molecule has 13 heavy (non-hydrogen) atoms. The molecule has 70 valence electrons. The topological polar surface area (TPSA) is 0 Å². The van der Waals surface area contributed by atoms with Gasteiger partial charge in [0.2, 0.25) is 0 Å². The van der Waals surface area contributed by atoms with Crippen molar-refractivity contribution in [2.24, 2.45) is 0 Å². The molecule has 0 spiro atoms. The van der Waals surface area contributed by atoms with Gasteiger partial charge in [-0.15, -0.1) is 0 Å². The van der Waals surface area contributed by atoms with Crippen LogP contribution in [-0.2, 0) is 0 Å². The van der Waals surface area contributed by atoms with Gasteiger partial charge in [0.1, 0.15) is 0 Å². The predicted molar refractivity (Wildman–Crippen MR) is 60.0 cm³/mol. The maximum Gasteiger partial charge on any atom is -0.0199 e. The Balaban J connectivity index is 3.17. The van der Waals surface area contributed by atoms with Crippen LogP contribution in [0.3, 0.4) is 0 Å². The monoisotopic (exact) mass is 174 g/mol. The molecule has 0 heterocycles. The summed E-state index contributed by atoms with van der Waals surface area (Å²) in [6.45, 7) is 8.69. The molecule has 0 amide bonds. The molecule has 1 aromatic carbocycles. The van der Waals surface area contributed by atoms with Gasteiger partial charge in [-0.1, -0.05) is 31.2 Å². The summed E-state index contributed by atoms with van der Waals surface area (Å²) in [6, 6.07) is 4.38. The standard InChI is InChI=1S/C13H18/c1-5-6-7-13-11(3)9-8-10(2)12(13)4/h6-9H,5H2,1-4H3/b7-6-. The van der Waals surface area contributed by atoms with Gasteiger partial charge in [-0.25, -0.2) is 0 Å². The number of rotatable bonds is 2. The third-order valence-corrected chi connectivity index (χ3v) is 2.52. The molecule has 0 atom stereocenters. The van der Waals surface area contributed by atoms with Gasteiger partial charge >= 0.3 is 0 Å². The molecule has 0 saturated carbocycles. The lowest BCUT2D eigenvalue weighted by Crippen LogP contribution is -1.89. The van der Waals surface area contributed by atoms with Crippen molar-refractivity contribution in [1.82, 2.24) is 0 Å². The molecule has 0 aliphatic rings. The van der Waals surface area contributed by atoms with Crippen molar-refractivity contribution in [3.8, 4) is 0 Å². The molecule has 0 N–H and O–H groups in total. The van der Waals surface area contributed by atoms with E-state index in [0.29, 0.717) is 0 Å². The second-order valence-electron chi connectivity index (χ2n) is 3.55. The van der Waals surface area contributed by atoms with E-state index in [1.165, 1.54) is 22.3 Å². The Kier molecular flexibility index (Phi) is 3.30. The first-order valence-corrected chi connectivity index (χ1v) is 4.90. The van der Waals surface area contributed by atoms with E-state index in [-0.39, 0.29) is 0 Å². The van der Waals surface area contributed by atoms with E-state index >= 15 is 0 Å². The minimum absolute atomic E-state index is 1.10. The second kappa shape index (κ2) is 4.27. The summed E-state index contributed by atoms with van der Waals surface area (Å²) in [7, 11) is 0. The molecule has 0 saturated heterocycles. The molecule has 1 aromatic rings. The van der Waals surface area contributed by atoms with Crippen molar-refractivity contribution in [3.05, 3.63) is 40.5 Å². The number of hydrogen-bond donors (Lipinski definition) is 0. The summed E-state index contributed by atoms with van der Waals surface area (Å²) in [4.78, 5) is 0. The van der Waals surface area contributed by atoms with Crippen LogP contribution < -0.4 is 0 Å². The zero-order chi connectivity index (χ0) is 9.84. The first-order chi connectivity index (χ1) is 6.16. The normalized spacial score (nSPS) is 11.1. The Hall–Kier alpha value is -1.04. The quantitative estimate of drug-likeness (QED) is 0.635. The highest BCUT2D eigenvalue weighted by molar-refractivity contribution is 5.59. The molecule has 0 nitrogen and oxygen atoms in total. The molecular weight excluding hydrogens is 156 g/mol. The van der Waals surface area contributed by atoms with Crippen LogP contribution in [0.4, 0.5) is 0 Å². The van der Waals surface area contributed by atoms with Gasteiger partial charge < -0.3 is 0 Å². The lowest BCUT2D eigenvalue weighted by molar-refractivity contribution is 1.22. The molecule has 0 aliphatic carbocycles. The summed E-state index contributed by atoms with van der Waals surface area (Å²) in [6.07, 6.45) is 5.55. The summed E-state index contributed by atoms with van der Waals surface area (Å²) < 4.78 is 0. The lowest BCUT2D eigenvalue weighted by Gasteiger charge is -2.07. The van der Waals surface area contributed by atoms with Crippen LogP contribution in [0.25, 0.3) is 6.08 Å². The number of benzene rings is 1. The molecular formula is C13H18. The van der Waals surface area contributed by atoms with E-state index in [0.717, 1.165) is 6.42 Å². The van der Waals surface area contributed by atoms with Gasteiger partial charge in [0.15, 0.2) is 0 Å². The first kappa shape index (κ1) is 10.0. The third-order valence-electron chi connectivity index (χ3n) is 2.52. The Morgan fingerprint density at radius 2 is 1.69 bits per heavy atom. The fourth-order valence-electron chi connectivity index (χ4n) is 1.47. The molecule has 0 unspecified atom stereocenters. The van der Waals surface area contributed by atoms with Crippen LogP contribution >= 0.6 is 0 Å². The molecule has 0 heteroatoms. The van der Waals surface area contributed by atoms with Gasteiger partial charge in [-0.3, -0.25) is 0 Å². The van der Waals surface area contributed by atoms with Crippen molar-refractivity contribution >= 4 is 6.08 Å². The average Bonchev–Trinajstić information content (AvgIpc) is 2.12. The van der Waals surface area contributed by atoms with Crippen LogP contribution in [0, 0.1) is 20.8 Å². The molecule has 1 rings (SSSR count). The maximum absolute atomic E-state index is 2.23. The highest BCUT2D eigenvalue weighted by atomic mass is 14.1. The number of allylic oxidation sites excluding steroid dienone is 1. The Morgan fingerprint density at radius 1 is 1.08 bits per heavy atom. The lowest BCUT2D eigenvalue weighted by atomic mass is 9.98. The zero-order valence-corrected chi connectivity index (χ0v) is 9.02. The predicted octanol–water partition coefficient (Wildman–Crippen LogP) is 4.04. The maximum atomic E-state index is 2.23. The average molecular weight is 174 g/mol. The van der Waals surface area contributed by atoms with Crippen LogP contribution in [0.5, 0.6) is 0 Å².